The lowest BCUT2D eigenvalue weighted by molar-refractivity contribution is -0.175. The van der Waals surface area contributed by atoms with Gasteiger partial charge in [0.25, 0.3) is 5.56 Å². The molecule has 1 atom stereocenters. The minimum absolute atomic E-state index is 0.132. The van der Waals surface area contributed by atoms with Gasteiger partial charge >= 0.3 is 12.1 Å². The molecule has 7 heteroatoms. The largest absolute Gasteiger partial charge is 0.509 e. The van der Waals surface area contributed by atoms with E-state index >= 15 is 0 Å². The summed E-state index contributed by atoms with van der Waals surface area (Å²) < 4.78 is 16.2. The number of fused-ring (bicyclic) bond motifs is 1. The standard InChI is InChI=1S/C14H17NO6/c1-5-14(21-13(18)19-4)10-6-8(2)15(3)11(16)9(10)7-20-12(14)17/h6H,5,7H2,1-4H3. The number of ether oxygens (including phenoxy) is 3. The number of cyclic esters (lactones) is 1. The van der Waals surface area contributed by atoms with Gasteiger partial charge in [-0.1, -0.05) is 6.92 Å². The van der Waals surface area contributed by atoms with Gasteiger partial charge in [0.1, 0.15) is 6.61 Å². The summed E-state index contributed by atoms with van der Waals surface area (Å²) in [6.45, 7) is 3.28. The van der Waals surface area contributed by atoms with Crippen molar-refractivity contribution in [3.8, 4) is 0 Å². The van der Waals surface area contributed by atoms with Crippen LogP contribution in [0.2, 0.25) is 0 Å². The maximum Gasteiger partial charge on any atom is 0.509 e. The number of pyridine rings is 1. The Morgan fingerprint density at radius 2 is 2.14 bits per heavy atom. The number of hydrogen-bond donors (Lipinski definition) is 0. The summed E-state index contributed by atoms with van der Waals surface area (Å²) in [4.78, 5) is 36.0. The van der Waals surface area contributed by atoms with Gasteiger partial charge in [0.05, 0.1) is 12.7 Å². The van der Waals surface area contributed by atoms with Gasteiger partial charge in [0.15, 0.2) is 0 Å². The molecule has 1 aliphatic rings. The Labute approximate surface area is 121 Å². The molecule has 7 nitrogen and oxygen atoms in total. The molecule has 1 aromatic rings. The number of esters is 1. The van der Waals surface area contributed by atoms with Crippen LogP contribution in [0.25, 0.3) is 0 Å². The van der Waals surface area contributed by atoms with E-state index in [9.17, 15) is 14.4 Å². The number of aryl methyl sites for hydroxylation is 1. The molecule has 0 fully saturated rings. The summed E-state index contributed by atoms with van der Waals surface area (Å²) >= 11 is 0. The monoisotopic (exact) mass is 295 g/mol. The van der Waals surface area contributed by atoms with Crippen molar-refractivity contribution in [1.29, 1.82) is 0 Å². The number of methoxy groups -OCH3 is 1. The molecule has 0 bridgehead atoms. The van der Waals surface area contributed by atoms with Crippen LogP contribution >= 0.6 is 0 Å². The highest BCUT2D eigenvalue weighted by Crippen LogP contribution is 2.37. The number of aromatic nitrogens is 1. The van der Waals surface area contributed by atoms with E-state index in [1.165, 1.54) is 4.57 Å². The summed E-state index contributed by atoms with van der Waals surface area (Å²) in [5, 5.41) is 0. The summed E-state index contributed by atoms with van der Waals surface area (Å²) in [6.07, 6.45) is -0.861. The lowest BCUT2D eigenvalue weighted by Gasteiger charge is -2.35. The van der Waals surface area contributed by atoms with Crippen molar-refractivity contribution in [3.05, 3.63) is 33.2 Å². The van der Waals surface area contributed by atoms with E-state index in [2.05, 4.69) is 4.74 Å². The molecule has 0 amide bonds. The zero-order valence-electron chi connectivity index (χ0n) is 12.4. The quantitative estimate of drug-likeness (QED) is 0.761. The first kappa shape index (κ1) is 15.1. The van der Waals surface area contributed by atoms with Crippen LogP contribution in [-0.4, -0.2) is 23.8 Å². The van der Waals surface area contributed by atoms with Crippen LogP contribution in [0, 0.1) is 6.92 Å². The number of carbonyl (C=O) groups excluding carboxylic acids is 2. The summed E-state index contributed by atoms with van der Waals surface area (Å²) in [5.74, 6) is -0.699. The van der Waals surface area contributed by atoms with E-state index in [0.717, 1.165) is 7.11 Å². The van der Waals surface area contributed by atoms with E-state index in [4.69, 9.17) is 9.47 Å². The molecule has 21 heavy (non-hydrogen) atoms. The zero-order valence-corrected chi connectivity index (χ0v) is 12.4. The Balaban J connectivity index is 2.71. The van der Waals surface area contributed by atoms with Gasteiger partial charge in [-0.2, -0.15) is 0 Å². The smallest absolute Gasteiger partial charge is 0.457 e. The third-order valence-electron chi connectivity index (χ3n) is 3.80. The average Bonchev–Trinajstić information content (AvgIpc) is 2.48. The Morgan fingerprint density at radius 1 is 1.48 bits per heavy atom. The van der Waals surface area contributed by atoms with Crippen LogP contribution < -0.4 is 5.56 Å². The predicted molar refractivity (Wildman–Crippen MR) is 71.7 cm³/mol. The maximum atomic E-state index is 12.3. The fourth-order valence-electron chi connectivity index (χ4n) is 2.42. The van der Waals surface area contributed by atoms with Gasteiger partial charge in [-0.3, -0.25) is 4.79 Å². The second kappa shape index (κ2) is 5.23. The summed E-state index contributed by atoms with van der Waals surface area (Å²) in [5.41, 5.74) is -0.581. The zero-order chi connectivity index (χ0) is 15.8. The van der Waals surface area contributed by atoms with Crippen molar-refractivity contribution >= 4 is 12.1 Å². The SMILES string of the molecule is CCC1(OC(=O)OC)C(=O)OCc2c1cc(C)n(C)c2=O. The fourth-order valence-corrected chi connectivity index (χ4v) is 2.42. The van der Waals surface area contributed by atoms with Crippen LogP contribution in [0.1, 0.15) is 30.2 Å². The normalized spacial score (nSPS) is 20.5. The van der Waals surface area contributed by atoms with Crippen molar-refractivity contribution in [2.45, 2.75) is 32.5 Å². The fraction of sp³-hybridized carbons (Fsp3) is 0.500. The molecule has 0 N–H and O–H groups in total. The molecule has 114 valence electrons. The van der Waals surface area contributed by atoms with Gasteiger partial charge in [-0.05, 0) is 19.4 Å². The Kier molecular flexibility index (Phi) is 3.76. The lowest BCUT2D eigenvalue weighted by atomic mass is 9.86. The molecule has 0 aliphatic carbocycles. The molecule has 0 saturated heterocycles. The summed E-state index contributed by atoms with van der Waals surface area (Å²) in [6, 6.07) is 1.67. The molecule has 0 spiro atoms. The molecule has 1 unspecified atom stereocenters. The van der Waals surface area contributed by atoms with Gasteiger partial charge in [0, 0.05) is 18.3 Å². The molecule has 0 saturated carbocycles. The number of carbonyl (C=O) groups is 2. The highest BCUT2D eigenvalue weighted by Gasteiger charge is 2.50. The first-order valence-electron chi connectivity index (χ1n) is 6.51. The second-order valence-electron chi connectivity index (χ2n) is 4.86. The van der Waals surface area contributed by atoms with Crippen LogP contribution in [-0.2, 0) is 38.3 Å². The van der Waals surface area contributed by atoms with Crippen LogP contribution in [0.3, 0.4) is 0 Å². The Hall–Kier alpha value is -2.31. The predicted octanol–water partition coefficient (Wildman–Crippen LogP) is 1.14. The number of rotatable bonds is 2. The topological polar surface area (TPSA) is 83.8 Å². The highest BCUT2D eigenvalue weighted by atomic mass is 16.7. The third kappa shape index (κ3) is 2.18. The number of hydrogen-bond acceptors (Lipinski definition) is 6. The van der Waals surface area contributed by atoms with E-state index in [-0.39, 0.29) is 18.6 Å². The van der Waals surface area contributed by atoms with Crippen molar-refractivity contribution in [2.24, 2.45) is 7.05 Å². The highest BCUT2D eigenvalue weighted by molar-refractivity contribution is 5.85. The van der Waals surface area contributed by atoms with Crippen LogP contribution in [0.15, 0.2) is 10.9 Å². The second-order valence-corrected chi connectivity index (χ2v) is 4.86. The van der Waals surface area contributed by atoms with Crippen molar-refractivity contribution < 1.29 is 23.8 Å². The molecule has 0 radical (unpaired) electrons. The molecular formula is C14H17NO6. The van der Waals surface area contributed by atoms with E-state index < -0.39 is 17.7 Å². The van der Waals surface area contributed by atoms with E-state index in [1.807, 2.05) is 0 Å². The number of nitrogens with zero attached hydrogens (tertiary/aromatic N) is 1. The first-order chi connectivity index (χ1) is 9.87. The molecule has 1 aliphatic heterocycles. The summed E-state index contributed by atoms with van der Waals surface area (Å²) in [7, 11) is 2.78. The molecular weight excluding hydrogens is 278 g/mol. The van der Waals surface area contributed by atoms with E-state index in [1.54, 1.807) is 27.0 Å². The minimum atomic E-state index is -1.64. The van der Waals surface area contributed by atoms with Gasteiger partial charge < -0.3 is 18.8 Å². The van der Waals surface area contributed by atoms with E-state index in [0.29, 0.717) is 16.8 Å². The molecule has 1 aromatic heterocycles. The van der Waals surface area contributed by atoms with Crippen molar-refractivity contribution in [1.82, 2.24) is 4.57 Å². The lowest BCUT2D eigenvalue weighted by Crippen LogP contribution is -2.47. The van der Waals surface area contributed by atoms with Gasteiger partial charge in [0.2, 0.25) is 5.60 Å². The minimum Gasteiger partial charge on any atom is -0.457 e. The average molecular weight is 295 g/mol. The molecule has 2 heterocycles. The Bertz CT molecular complexity index is 662. The Morgan fingerprint density at radius 3 is 2.71 bits per heavy atom. The molecule has 2 rings (SSSR count). The van der Waals surface area contributed by atoms with Crippen LogP contribution in [0.5, 0.6) is 0 Å². The molecule has 0 aromatic carbocycles. The maximum absolute atomic E-state index is 12.3. The van der Waals surface area contributed by atoms with Gasteiger partial charge in [-0.15, -0.1) is 0 Å². The first-order valence-corrected chi connectivity index (χ1v) is 6.51. The van der Waals surface area contributed by atoms with Crippen LogP contribution in [0.4, 0.5) is 4.79 Å². The van der Waals surface area contributed by atoms with Crippen molar-refractivity contribution in [2.75, 3.05) is 7.11 Å². The van der Waals surface area contributed by atoms with Gasteiger partial charge in [-0.25, -0.2) is 9.59 Å². The van der Waals surface area contributed by atoms with Crippen molar-refractivity contribution in [3.63, 3.8) is 0 Å². The third-order valence-corrected chi connectivity index (χ3v) is 3.80.